The van der Waals surface area contributed by atoms with Gasteiger partial charge in [0.15, 0.2) is 5.82 Å². The molecule has 0 atom stereocenters. The summed E-state index contributed by atoms with van der Waals surface area (Å²) in [4.78, 5) is 38.3. The molecule has 2 amide bonds. The number of hydrogen-bond donors (Lipinski definition) is 3. The van der Waals surface area contributed by atoms with E-state index in [0.29, 0.717) is 11.0 Å². The first-order valence-electron chi connectivity index (χ1n) is 8.49. The Morgan fingerprint density at radius 1 is 1.13 bits per heavy atom. The number of thioether (sulfide) groups is 1. The Balaban J connectivity index is 1.47. The van der Waals surface area contributed by atoms with Crippen LogP contribution in [0.25, 0.3) is 11.4 Å². The van der Waals surface area contributed by atoms with Crippen molar-refractivity contribution in [2.75, 3.05) is 12.9 Å². The largest absolute Gasteiger partial charge is 0.497 e. The number of amides is 2. The van der Waals surface area contributed by atoms with E-state index in [1.165, 1.54) is 24.3 Å². The average Bonchev–Trinajstić information content (AvgIpc) is 3.25. The zero-order valence-corrected chi connectivity index (χ0v) is 16.4. The first-order valence-corrected chi connectivity index (χ1v) is 9.48. The van der Waals surface area contributed by atoms with Gasteiger partial charge in [-0.25, -0.2) is 4.98 Å². The highest BCUT2D eigenvalue weighted by molar-refractivity contribution is 7.99. The van der Waals surface area contributed by atoms with Gasteiger partial charge >= 0.3 is 0 Å². The number of ether oxygens (including phenoxy) is 1. The first kappa shape index (κ1) is 20.8. The van der Waals surface area contributed by atoms with Gasteiger partial charge in [0.1, 0.15) is 5.75 Å². The maximum atomic E-state index is 12.0. The van der Waals surface area contributed by atoms with Crippen LogP contribution in [0, 0.1) is 10.1 Å². The zero-order chi connectivity index (χ0) is 21.5. The first-order chi connectivity index (χ1) is 14.5. The van der Waals surface area contributed by atoms with Crippen LogP contribution in [0.15, 0.2) is 53.7 Å². The van der Waals surface area contributed by atoms with Crippen molar-refractivity contribution < 1.29 is 19.2 Å². The highest BCUT2D eigenvalue weighted by atomic mass is 32.2. The van der Waals surface area contributed by atoms with Gasteiger partial charge in [-0.2, -0.15) is 0 Å². The number of hydrazine groups is 1. The number of nitrogens with one attached hydrogen (secondary N) is 3. The Kier molecular flexibility index (Phi) is 6.60. The predicted octanol–water partition coefficient (Wildman–Crippen LogP) is 1.94. The van der Waals surface area contributed by atoms with Gasteiger partial charge in [-0.05, 0) is 36.4 Å². The summed E-state index contributed by atoms with van der Waals surface area (Å²) in [5, 5.41) is 17.8. The molecule has 0 aliphatic heterocycles. The third-order valence-electron chi connectivity index (χ3n) is 3.82. The number of nitro groups is 1. The fourth-order valence-electron chi connectivity index (χ4n) is 2.29. The van der Waals surface area contributed by atoms with E-state index >= 15 is 0 Å². The monoisotopic (exact) mass is 428 g/mol. The lowest BCUT2D eigenvalue weighted by molar-refractivity contribution is -0.384. The number of aromatic nitrogens is 3. The molecular weight excluding hydrogens is 412 g/mol. The lowest BCUT2D eigenvalue weighted by atomic mass is 10.2. The Morgan fingerprint density at radius 3 is 2.47 bits per heavy atom. The van der Waals surface area contributed by atoms with Gasteiger partial charge < -0.3 is 4.74 Å². The molecule has 30 heavy (non-hydrogen) atoms. The van der Waals surface area contributed by atoms with Crippen LogP contribution in [0.5, 0.6) is 5.75 Å². The van der Waals surface area contributed by atoms with Gasteiger partial charge in [0.05, 0.1) is 17.8 Å². The number of benzene rings is 2. The molecule has 11 nitrogen and oxygen atoms in total. The molecule has 0 bridgehead atoms. The van der Waals surface area contributed by atoms with Crippen LogP contribution < -0.4 is 15.6 Å². The minimum absolute atomic E-state index is 0.0273. The highest BCUT2D eigenvalue weighted by Gasteiger charge is 2.12. The van der Waals surface area contributed by atoms with Crippen molar-refractivity contribution in [1.29, 1.82) is 0 Å². The average molecular weight is 428 g/mol. The molecule has 0 saturated carbocycles. The zero-order valence-electron chi connectivity index (χ0n) is 15.6. The SMILES string of the molecule is COc1ccc(-c2nc(SCC(=O)NNC(=O)c3ccc([N+](=O)[O-])cc3)n[nH]2)cc1. The van der Waals surface area contributed by atoms with Crippen molar-refractivity contribution in [2.24, 2.45) is 0 Å². The Morgan fingerprint density at radius 2 is 1.83 bits per heavy atom. The van der Waals surface area contributed by atoms with Crippen molar-refractivity contribution in [1.82, 2.24) is 26.0 Å². The van der Waals surface area contributed by atoms with Crippen LogP contribution in [0.4, 0.5) is 5.69 Å². The fraction of sp³-hybridized carbons (Fsp3) is 0.111. The molecule has 0 unspecified atom stereocenters. The Bertz CT molecular complexity index is 1050. The molecule has 1 aromatic heterocycles. The van der Waals surface area contributed by atoms with Crippen LogP contribution in [0.1, 0.15) is 10.4 Å². The number of rotatable bonds is 7. The molecular formula is C18H16N6O5S. The predicted molar refractivity (Wildman–Crippen MR) is 108 cm³/mol. The van der Waals surface area contributed by atoms with E-state index in [1.54, 1.807) is 19.2 Å². The number of carbonyl (C=O) groups excluding carboxylic acids is 2. The molecule has 3 rings (SSSR count). The molecule has 0 spiro atoms. The molecule has 0 aliphatic rings. The van der Waals surface area contributed by atoms with Crippen LogP contribution in [-0.2, 0) is 4.79 Å². The van der Waals surface area contributed by atoms with Crippen molar-refractivity contribution in [3.63, 3.8) is 0 Å². The molecule has 0 saturated heterocycles. The molecule has 0 aliphatic carbocycles. The van der Waals surface area contributed by atoms with Gasteiger partial charge in [0.2, 0.25) is 11.1 Å². The van der Waals surface area contributed by atoms with Crippen LogP contribution in [0.3, 0.4) is 0 Å². The van der Waals surface area contributed by atoms with Gasteiger partial charge in [-0.3, -0.25) is 35.7 Å². The van der Waals surface area contributed by atoms with Gasteiger partial charge in [0, 0.05) is 23.3 Å². The molecule has 3 aromatic rings. The summed E-state index contributed by atoms with van der Waals surface area (Å²) >= 11 is 1.09. The maximum Gasteiger partial charge on any atom is 0.269 e. The van der Waals surface area contributed by atoms with Crippen LogP contribution in [0.2, 0.25) is 0 Å². The van der Waals surface area contributed by atoms with Gasteiger partial charge in [0.25, 0.3) is 11.6 Å². The number of nitro benzene ring substituents is 1. The van der Waals surface area contributed by atoms with Crippen molar-refractivity contribution in [3.05, 3.63) is 64.2 Å². The molecule has 2 aromatic carbocycles. The summed E-state index contributed by atoms with van der Waals surface area (Å²) in [6.07, 6.45) is 0. The van der Waals surface area contributed by atoms with Crippen molar-refractivity contribution >= 4 is 29.3 Å². The second-order valence-corrected chi connectivity index (χ2v) is 6.73. The molecule has 12 heteroatoms. The smallest absolute Gasteiger partial charge is 0.269 e. The number of carbonyl (C=O) groups is 2. The number of nitrogens with zero attached hydrogens (tertiary/aromatic N) is 3. The second-order valence-electron chi connectivity index (χ2n) is 5.79. The lowest BCUT2D eigenvalue weighted by Crippen LogP contribution is -2.42. The molecule has 0 radical (unpaired) electrons. The second kappa shape index (κ2) is 9.52. The molecule has 3 N–H and O–H groups in total. The van der Waals surface area contributed by atoms with E-state index in [-0.39, 0.29) is 17.0 Å². The summed E-state index contributed by atoms with van der Waals surface area (Å²) < 4.78 is 5.11. The number of non-ortho nitro benzene ring substituents is 1. The van der Waals surface area contributed by atoms with E-state index in [4.69, 9.17) is 4.74 Å². The quantitative estimate of drug-likeness (QED) is 0.293. The number of hydrogen-bond acceptors (Lipinski definition) is 8. The Labute approximate surface area is 174 Å². The number of aromatic amines is 1. The normalized spacial score (nSPS) is 10.3. The molecule has 154 valence electrons. The maximum absolute atomic E-state index is 12.0. The van der Waals surface area contributed by atoms with E-state index < -0.39 is 16.7 Å². The highest BCUT2D eigenvalue weighted by Crippen LogP contribution is 2.21. The van der Waals surface area contributed by atoms with E-state index in [0.717, 1.165) is 23.1 Å². The van der Waals surface area contributed by atoms with E-state index in [2.05, 4.69) is 26.0 Å². The third-order valence-corrected chi connectivity index (χ3v) is 4.66. The third kappa shape index (κ3) is 5.32. The summed E-state index contributed by atoms with van der Waals surface area (Å²) in [5.74, 6) is 0.182. The van der Waals surface area contributed by atoms with Crippen molar-refractivity contribution in [3.8, 4) is 17.1 Å². The number of methoxy groups -OCH3 is 1. The minimum Gasteiger partial charge on any atom is -0.497 e. The topological polar surface area (TPSA) is 152 Å². The van der Waals surface area contributed by atoms with Crippen molar-refractivity contribution in [2.45, 2.75) is 5.16 Å². The molecule has 1 heterocycles. The summed E-state index contributed by atoms with van der Waals surface area (Å²) in [5.41, 5.74) is 5.37. The minimum atomic E-state index is -0.595. The lowest BCUT2D eigenvalue weighted by Gasteiger charge is -2.06. The fourth-order valence-corrected chi connectivity index (χ4v) is 2.89. The van der Waals surface area contributed by atoms with E-state index in [1.807, 2.05) is 12.1 Å². The number of H-pyrrole nitrogens is 1. The summed E-state index contributed by atoms with van der Waals surface area (Å²) in [6, 6.07) is 12.2. The summed E-state index contributed by atoms with van der Waals surface area (Å²) in [6.45, 7) is 0. The van der Waals surface area contributed by atoms with Crippen LogP contribution >= 0.6 is 11.8 Å². The Hall–Kier alpha value is -3.93. The summed E-state index contributed by atoms with van der Waals surface area (Å²) in [7, 11) is 1.58. The van der Waals surface area contributed by atoms with Crippen LogP contribution in [-0.4, -0.2) is 44.8 Å². The molecule has 0 fully saturated rings. The van der Waals surface area contributed by atoms with Gasteiger partial charge in [-0.1, -0.05) is 11.8 Å². The van der Waals surface area contributed by atoms with E-state index in [9.17, 15) is 19.7 Å². The standard InChI is InChI=1S/C18H16N6O5S/c1-29-14-8-4-11(5-9-14)16-19-18(23-21-16)30-10-15(25)20-22-17(26)12-2-6-13(7-3-12)24(27)28/h2-9H,10H2,1H3,(H,20,25)(H,22,26)(H,19,21,23). The van der Waals surface area contributed by atoms with Gasteiger partial charge in [-0.15, -0.1) is 5.10 Å².